The van der Waals surface area contributed by atoms with E-state index in [2.05, 4.69) is 21.2 Å². The van der Waals surface area contributed by atoms with Gasteiger partial charge in [0.15, 0.2) is 0 Å². The molecule has 0 fully saturated rings. The molecule has 0 bridgehead atoms. The Kier molecular flexibility index (Phi) is 7.37. The fourth-order valence-electron chi connectivity index (χ4n) is 1.60. The number of hydrogen-bond donors (Lipinski definition) is 1. The molecule has 1 rings (SSSR count). The van der Waals surface area contributed by atoms with Crippen molar-refractivity contribution in [1.29, 1.82) is 0 Å². The van der Waals surface area contributed by atoms with Gasteiger partial charge in [-0.1, -0.05) is 28.8 Å². The fourth-order valence-corrected chi connectivity index (χ4v) is 2.00. The number of hydrogen-bond acceptors (Lipinski definition) is 1. The molecule has 4 heteroatoms. The van der Waals surface area contributed by atoms with E-state index in [9.17, 15) is 8.78 Å². The zero-order valence-electron chi connectivity index (χ0n) is 9.82. The number of rotatable bonds is 8. The maximum absolute atomic E-state index is 13.2. The Morgan fingerprint density at radius 1 is 1.06 bits per heavy atom. The minimum absolute atomic E-state index is 0.349. The summed E-state index contributed by atoms with van der Waals surface area (Å²) in [5.41, 5.74) is 0.394. The van der Waals surface area contributed by atoms with Crippen LogP contribution >= 0.6 is 15.9 Å². The van der Waals surface area contributed by atoms with Crippen molar-refractivity contribution in [2.45, 2.75) is 32.2 Å². The van der Waals surface area contributed by atoms with Gasteiger partial charge in [0.05, 0.1) is 0 Å². The summed E-state index contributed by atoms with van der Waals surface area (Å²) in [6, 6.07) is 3.55. The van der Waals surface area contributed by atoms with Crippen LogP contribution in [0.1, 0.15) is 31.2 Å². The number of unbranched alkanes of at least 4 members (excludes halogenated alkanes) is 3. The Labute approximate surface area is 110 Å². The van der Waals surface area contributed by atoms with E-state index < -0.39 is 0 Å². The molecular weight excluding hydrogens is 288 g/mol. The second-order valence-corrected chi connectivity index (χ2v) is 4.81. The summed E-state index contributed by atoms with van der Waals surface area (Å²) in [7, 11) is 0. The molecule has 96 valence electrons. The lowest BCUT2D eigenvalue weighted by Crippen LogP contribution is -2.15. The summed E-state index contributed by atoms with van der Waals surface area (Å²) in [6.45, 7) is 1.24. The van der Waals surface area contributed by atoms with Gasteiger partial charge in [-0.2, -0.15) is 0 Å². The topological polar surface area (TPSA) is 12.0 Å². The van der Waals surface area contributed by atoms with Crippen molar-refractivity contribution in [2.75, 3.05) is 11.9 Å². The minimum Gasteiger partial charge on any atom is -0.313 e. The van der Waals surface area contributed by atoms with Crippen LogP contribution < -0.4 is 5.32 Å². The molecule has 0 spiro atoms. The molecule has 1 N–H and O–H groups in total. The van der Waals surface area contributed by atoms with Crippen LogP contribution in [0, 0.1) is 11.6 Å². The molecular formula is C13H18BrF2N. The average Bonchev–Trinajstić information content (AvgIpc) is 2.32. The van der Waals surface area contributed by atoms with Crippen LogP contribution in [0.4, 0.5) is 8.78 Å². The highest BCUT2D eigenvalue weighted by molar-refractivity contribution is 9.09. The molecule has 1 nitrogen and oxygen atoms in total. The Balaban J connectivity index is 2.15. The van der Waals surface area contributed by atoms with Gasteiger partial charge in [0.2, 0.25) is 0 Å². The normalized spacial score (nSPS) is 10.8. The average molecular weight is 306 g/mol. The highest BCUT2D eigenvalue weighted by atomic mass is 79.9. The molecule has 0 radical (unpaired) electrons. The van der Waals surface area contributed by atoms with Crippen molar-refractivity contribution < 1.29 is 8.78 Å². The second kappa shape index (κ2) is 8.59. The van der Waals surface area contributed by atoms with Crippen LogP contribution in [0.25, 0.3) is 0 Å². The van der Waals surface area contributed by atoms with E-state index in [0.29, 0.717) is 12.1 Å². The third kappa shape index (κ3) is 6.13. The molecule has 0 saturated carbocycles. The zero-order valence-corrected chi connectivity index (χ0v) is 11.4. The van der Waals surface area contributed by atoms with E-state index in [1.165, 1.54) is 31.4 Å². The summed E-state index contributed by atoms with van der Waals surface area (Å²) in [6.07, 6.45) is 4.65. The Morgan fingerprint density at radius 3 is 2.59 bits per heavy atom. The van der Waals surface area contributed by atoms with Crippen molar-refractivity contribution in [3.8, 4) is 0 Å². The molecule has 0 unspecified atom stereocenters. The van der Waals surface area contributed by atoms with Crippen LogP contribution in [0.15, 0.2) is 18.2 Å². The van der Waals surface area contributed by atoms with Crippen LogP contribution in [-0.4, -0.2) is 11.9 Å². The Hall–Kier alpha value is -0.480. The van der Waals surface area contributed by atoms with Gasteiger partial charge in [-0.3, -0.25) is 0 Å². The van der Waals surface area contributed by atoms with Gasteiger partial charge in [-0.25, -0.2) is 8.78 Å². The van der Waals surface area contributed by atoms with E-state index >= 15 is 0 Å². The lowest BCUT2D eigenvalue weighted by molar-refractivity contribution is 0.556. The lowest BCUT2D eigenvalue weighted by Gasteiger charge is -2.06. The molecule has 0 aliphatic rings. The van der Waals surface area contributed by atoms with Crippen molar-refractivity contribution in [3.63, 3.8) is 0 Å². The first-order valence-corrected chi connectivity index (χ1v) is 7.07. The number of halogens is 3. The van der Waals surface area contributed by atoms with Crippen molar-refractivity contribution in [1.82, 2.24) is 5.32 Å². The van der Waals surface area contributed by atoms with E-state index in [1.54, 1.807) is 0 Å². The van der Waals surface area contributed by atoms with Gasteiger partial charge < -0.3 is 5.32 Å². The van der Waals surface area contributed by atoms with Crippen molar-refractivity contribution >= 4 is 15.9 Å². The Bertz CT molecular complexity index is 331. The smallest absolute Gasteiger partial charge is 0.127 e. The minimum atomic E-state index is -0.388. The fraction of sp³-hybridized carbons (Fsp3) is 0.538. The van der Waals surface area contributed by atoms with Crippen molar-refractivity contribution in [2.24, 2.45) is 0 Å². The number of nitrogens with one attached hydrogen (secondary N) is 1. The van der Waals surface area contributed by atoms with Crippen LogP contribution in [-0.2, 0) is 6.54 Å². The first-order chi connectivity index (χ1) is 8.24. The van der Waals surface area contributed by atoms with Gasteiger partial charge in [-0.15, -0.1) is 0 Å². The first-order valence-electron chi connectivity index (χ1n) is 5.94. The third-order valence-electron chi connectivity index (χ3n) is 2.56. The van der Waals surface area contributed by atoms with E-state index in [1.807, 2.05) is 0 Å². The predicted molar refractivity (Wildman–Crippen MR) is 70.3 cm³/mol. The standard InChI is InChI=1S/C13H18BrF2N/c14-7-3-1-2-4-8-17-10-11-9-12(15)5-6-13(11)16/h5-6,9,17H,1-4,7-8,10H2. The molecule has 0 heterocycles. The molecule has 1 aromatic rings. The third-order valence-corrected chi connectivity index (χ3v) is 3.12. The van der Waals surface area contributed by atoms with Crippen LogP contribution in [0.3, 0.4) is 0 Å². The molecule has 1 aromatic carbocycles. The van der Waals surface area contributed by atoms with Gasteiger partial charge in [-0.05, 0) is 37.6 Å². The number of benzene rings is 1. The lowest BCUT2D eigenvalue weighted by atomic mass is 10.2. The maximum Gasteiger partial charge on any atom is 0.127 e. The quantitative estimate of drug-likeness (QED) is 0.565. The van der Waals surface area contributed by atoms with Gasteiger partial charge >= 0.3 is 0 Å². The first kappa shape index (κ1) is 14.6. The van der Waals surface area contributed by atoms with Crippen molar-refractivity contribution in [3.05, 3.63) is 35.4 Å². The summed E-state index contributed by atoms with van der Waals surface area (Å²) in [5, 5.41) is 4.18. The molecule has 0 aromatic heterocycles. The largest absolute Gasteiger partial charge is 0.313 e. The molecule has 0 saturated heterocycles. The summed E-state index contributed by atoms with van der Waals surface area (Å²) >= 11 is 3.38. The summed E-state index contributed by atoms with van der Waals surface area (Å²) in [4.78, 5) is 0. The summed E-state index contributed by atoms with van der Waals surface area (Å²) in [5.74, 6) is -0.737. The van der Waals surface area contributed by atoms with Gasteiger partial charge in [0.25, 0.3) is 0 Å². The molecule has 0 atom stereocenters. The number of alkyl halides is 1. The second-order valence-electron chi connectivity index (χ2n) is 4.02. The molecule has 0 amide bonds. The van der Waals surface area contributed by atoms with Crippen LogP contribution in [0.5, 0.6) is 0 Å². The highest BCUT2D eigenvalue weighted by Crippen LogP contribution is 2.09. The zero-order chi connectivity index (χ0) is 12.5. The van der Waals surface area contributed by atoms with E-state index in [-0.39, 0.29) is 11.6 Å². The van der Waals surface area contributed by atoms with Gasteiger partial charge in [0, 0.05) is 17.4 Å². The summed E-state index contributed by atoms with van der Waals surface area (Å²) < 4.78 is 26.1. The maximum atomic E-state index is 13.2. The van der Waals surface area contributed by atoms with E-state index in [4.69, 9.17) is 0 Å². The molecule has 0 aliphatic carbocycles. The van der Waals surface area contributed by atoms with Crippen LogP contribution in [0.2, 0.25) is 0 Å². The highest BCUT2D eigenvalue weighted by Gasteiger charge is 2.02. The monoisotopic (exact) mass is 305 g/mol. The van der Waals surface area contributed by atoms with E-state index in [0.717, 1.165) is 24.4 Å². The predicted octanol–water partition coefficient (Wildman–Crippen LogP) is 4.01. The van der Waals surface area contributed by atoms with Gasteiger partial charge in [0.1, 0.15) is 11.6 Å². The molecule has 17 heavy (non-hydrogen) atoms. The SMILES string of the molecule is Fc1ccc(F)c(CNCCCCCCBr)c1. The Morgan fingerprint density at radius 2 is 1.82 bits per heavy atom. The molecule has 0 aliphatic heterocycles.